The Kier molecular flexibility index (Phi) is 3.78. The van der Waals surface area contributed by atoms with Crippen LogP contribution in [0.5, 0.6) is 5.75 Å². The molecule has 0 fully saturated rings. The van der Waals surface area contributed by atoms with E-state index in [1.807, 2.05) is 7.05 Å². The normalized spacial score (nSPS) is 12.9. The van der Waals surface area contributed by atoms with Gasteiger partial charge in [0.15, 0.2) is 0 Å². The van der Waals surface area contributed by atoms with Crippen LogP contribution in [-0.4, -0.2) is 23.6 Å². The number of nitrogens with one attached hydrogen (secondary N) is 1. The van der Waals surface area contributed by atoms with Gasteiger partial charge >= 0.3 is 0 Å². The summed E-state index contributed by atoms with van der Waals surface area (Å²) in [4.78, 5) is 9.38. The van der Waals surface area contributed by atoms with Gasteiger partial charge in [-0.3, -0.25) is 0 Å². The van der Waals surface area contributed by atoms with Crippen LogP contribution in [0.25, 0.3) is 11.3 Å². The molecule has 2 heterocycles. The SMILES string of the molecule is CCCc1nc(NC)c(C)c(-c2cccc3c2OCC3)n1. The number of aromatic nitrogens is 2. The minimum absolute atomic E-state index is 0.761. The number of hydrogen-bond acceptors (Lipinski definition) is 4. The van der Waals surface area contributed by atoms with Gasteiger partial charge < -0.3 is 10.1 Å². The van der Waals surface area contributed by atoms with E-state index in [0.29, 0.717) is 0 Å². The lowest BCUT2D eigenvalue weighted by molar-refractivity contribution is 0.358. The number of hydrogen-bond donors (Lipinski definition) is 1. The minimum atomic E-state index is 0.761. The molecule has 1 N–H and O–H groups in total. The van der Waals surface area contributed by atoms with Crippen LogP contribution >= 0.6 is 0 Å². The maximum atomic E-state index is 5.83. The highest BCUT2D eigenvalue weighted by Crippen LogP contribution is 2.38. The number of para-hydroxylation sites is 1. The Labute approximate surface area is 125 Å². The van der Waals surface area contributed by atoms with Gasteiger partial charge in [-0.05, 0) is 25.0 Å². The van der Waals surface area contributed by atoms with Crippen LogP contribution in [0.15, 0.2) is 18.2 Å². The standard InChI is InChI=1S/C17H21N3O/c1-4-6-14-19-15(11(2)17(18-3)20-14)13-8-5-7-12-9-10-21-16(12)13/h5,7-8H,4,6,9-10H2,1-3H3,(H,18,19,20). The second-order valence-electron chi connectivity index (χ2n) is 5.35. The van der Waals surface area contributed by atoms with Crippen molar-refractivity contribution in [1.82, 2.24) is 9.97 Å². The molecule has 110 valence electrons. The van der Waals surface area contributed by atoms with Crippen LogP contribution in [0.1, 0.15) is 30.3 Å². The Morgan fingerprint density at radius 1 is 1.29 bits per heavy atom. The predicted molar refractivity (Wildman–Crippen MR) is 84.9 cm³/mol. The van der Waals surface area contributed by atoms with E-state index in [2.05, 4.69) is 42.3 Å². The van der Waals surface area contributed by atoms with Crippen molar-refractivity contribution in [1.29, 1.82) is 0 Å². The molecule has 2 aromatic rings. The summed E-state index contributed by atoms with van der Waals surface area (Å²) in [6.07, 6.45) is 2.90. The molecule has 21 heavy (non-hydrogen) atoms. The maximum Gasteiger partial charge on any atom is 0.133 e. The second kappa shape index (κ2) is 5.72. The van der Waals surface area contributed by atoms with E-state index in [1.54, 1.807) is 0 Å². The molecular weight excluding hydrogens is 262 g/mol. The summed E-state index contributed by atoms with van der Waals surface area (Å²) < 4.78 is 5.83. The summed E-state index contributed by atoms with van der Waals surface area (Å²) in [5.41, 5.74) is 4.41. The Hall–Kier alpha value is -2.10. The summed E-state index contributed by atoms with van der Waals surface area (Å²) in [5.74, 6) is 2.78. The summed E-state index contributed by atoms with van der Waals surface area (Å²) in [5, 5.41) is 3.18. The van der Waals surface area contributed by atoms with Gasteiger partial charge in [0.2, 0.25) is 0 Å². The van der Waals surface area contributed by atoms with Gasteiger partial charge in [0, 0.05) is 31.0 Å². The summed E-state index contributed by atoms with van der Waals surface area (Å²) >= 11 is 0. The smallest absolute Gasteiger partial charge is 0.133 e. The van der Waals surface area contributed by atoms with Gasteiger partial charge in [-0.2, -0.15) is 0 Å². The minimum Gasteiger partial charge on any atom is -0.492 e. The van der Waals surface area contributed by atoms with Gasteiger partial charge in [-0.25, -0.2) is 9.97 Å². The van der Waals surface area contributed by atoms with Crippen molar-refractivity contribution in [3.63, 3.8) is 0 Å². The molecule has 0 aliphatic carbocycles. The molecule has 0 atom stereocenters. The van der Waals surface area contributed by atoms with Crippen LogP contribution in [0.4, 0.5) is 5.82 Å². The molecule has 0 saturated carbocycles. The molecule has 0 unspecified atom stereocenters. The molecule has 0 amide bonds. The molecule has 0 spiro atoms. The van der Waals surface area contributed by atoms with Crippen LogP contribution in [0.2, 0.25) is 0 Å². The summed E-state index contributed by atoms with van der Waals surface area (Å²) in [7, 11) is 1.90. The zero-order chi connectivity index (χ0) is 14.8. The number of rotatable bonds is 4. The molecule has 4 nitrogen and oxygen atoms in total. The van der Waals surface area contributed by atoms with Crippen LogP contribution in [0, 0.1) is 6.92 Å². The molecule has 1 aliphatic heterocycles. The topological polar surface area (TPSA) is 47.0 Å². The number of fused-ring (bicyclic) bond motifs is 1. The summed E-state index contributed by atoms with van der Waals surface area (Å²) in [6.45, 7) is 4.97. The number of nitrogens with zero attached hydrogens (tertiary/aromatic N) is 2. The van der Waals surface area contributed by atoms with E-state index in [4.69, 9.17) is 9.72 Å². The molecule has 1 aliphatic rings. The van der Waals surface area contributed by atoms with Gasteiger partial charge in [0.05, 0.1) is 12.3 Å². The van der Waals surface area contributed by atoms with Gasteiger partial charge in [-0.15, -0.1) is 0 Å². The third kappa shape index (κ3) is 2.46. The largest absolute Gasteiger partial charge is 0.492 e. The Balaban J connectivity index is 2.18. The van der Waals surface area contributed by atoms with Crippen molar-refractivity contribution in [2.24, 2.45) is 0 Å². The lowest BCUT2D eigenvalue weighted by Gasteiger charge is -2.14. The van der Waals surface area contributed by atoms with Crippen molar-refractivity contribution < 1.29 is 4.74 Å². The predicted octanol–water partition coefficient (Wildman–Crippen LogP) is 3.38. The molecule has 0 radical (unpaired) electrons. The second-order valence-corrected chi connectivity index (χ2v) is 5.35. The zero-order valence-corrected chi connectivity index (χ0v) is 12.9. The number of aryl methyl sites for hydroxylation is 1. The highest BCUT2D eigenvalue weighted by Gasteiger charge is 2.20. The van der Waals surface area contributed by atoms with Crippen LogP contribution < -0.4 is 10.1 Å². The van der Waals surface area contributed by atoms with Crippen LogP contribution in [-0.2, 0) is 12.8 Å². The Morgan fingerprint density at radius 3 is 2.90 bits per heavy atom. The van der Waals surface area contributed by atoms with E-state index in [0.717, 1.165) is 60.1 Å². The summed E-state index contributed by atoms with van der Waals surface area (Å²) in [6, 6.07) is 6.31. The Morgan fingerprint density at radius 2 is 2.14 bits per heavy atom. The fourth-order valence-electron chi connectivity index (χ4n) is 2.81. The highest BCUT2D eigenvalue weighted by molar-refractivity contribution is 5.75. The van der Waals surface area contributed by atoms with E-state index >= 15 is 0 Å². The van der Waals surface area contributed by atoms with Crippen LogP contribution in [0.3, 0.4) is 0 Å². The lowest BCUT2D eigenvalue weighted by Crippen LogP contribution is -2.05. The number of benzene rings is 1. The average Bonchev–Trinajstić information content (AvgIpc) is 2.97. The fraction of sp³-hybridized carbons (Fsp3) is 0.412. The molecule has 0 saturated heterocycles. The van der Waals surface area contributed by atoms with E-state index in [-0.39, 0.29) is 0 Å². The average molecular weight is 283 g/mol. The monoisotopic (exact) mass is 283 g/mol. The first-order chi connectivity index (χ1) is 10.2. The van der Waals surface area contributed by atoms with Gasteiger partial charge in [-0.1, -0.05) is 19.1 Å². The van der Waals surface area contributed by atoms with Gasteiger partial charge in [0.1, 0.15) is 17.4 Å². The van der Waals surface area contributed by atoms with Crippen molar-refractivity contribution in [3.05, 3.63) is 35.2 Å². The number of ether oxygens (including phenoxy) is 1. The van der Waals surface area contributed by atoms with E-state index < -0.39 is 0 Å². The molecule has 1 aromatic heterocycles. The Bertz CT molecular complexity index is 667. The van der Waals surface area contributed by atoms with Crippen molar-refractivity contribution in [2.45, 2.75) is 33.1 Å². The van der Waals surface area contributed by atoms with Gasteiger partial charge in [0.25, 0.3) is 0 Å². The maximum absolute atomic E-state index is 5.83. The first-order valence-corrected chi connectivity index (χ1v) is 7.55. The van der Waals surface area contributed by atoms with Crippen molar-refractivity contribution in [2.75, 3.05) is 19.0 Å². The lowest BCUT2D eigenvalue weighted by atomic mass is 10.0. The molecular formula is C17H21N3O. The van der Waals surface area contributed by atoms with Crippen molar-refractivity contribution in [3.8, 4) is 17.0 Å². The third-order valence-corrected chi connectivity index (χ3v) is 3.87. The number of anilines is 1. The zero-order valence-electron chi connectivity index (χ0n) is 12.9. The first kappa shape index (κ1) is 13.9. The molecule has 3 rings (SSSR count). The fourth-order valence-corrected chi connectivity index (χ4v) is 2.81. The highest BCUT2D eigenvalue weighted by atomic mass is 16.5. The molecule has 0 bridgehead atoms. The molecule has 4 heteroatoms. The molecule has 1 aromatic carbocycles. The van der Waals surface area contributed by atoms with E-state index in [1.165, 1.54) is 5.56 Å². The quantitative estimate of drug-likeness (QED) is 0.934. The van der Waals surface area contributed by atoms with E-state index in [9.17, 15) is 0 Å². The third-order valence-electron chi connectivity index (χ3n) is 3.87. The first-order valence-electron chi connectivity index (χ1n) is 7.55. The van der Waals surface area contributed by atoms with Crippen molar-refractivity contribution >= 4 is 5.82 Å².